The van der Waals surface area contributed by atoms with Crippen LogP contribution in [0.2, 0.25) is 0 Å². The lowest BCUT2D eigenvalue weighted by Gasteiger charge is -2.02. The van der Waals surface area contributed by atoms with Crippen LogP contribution < -0.4 is 0 Å². The Balaban J connectivity index is 0. The summed E-state index contributed by atoms with van der Waals surface area (Å²) >= 11 is 0. The lowest BCUT2D eigenvalue weighted by Crippen LogP contribution is -2.10. The number of rotatable bonds is 6. The van der Waals surface area contributed by atoms with Crippen molar-refractivity contribution in [2.45, 2.75) is 51.7 Å². The van der Waals surface area contributed by atoms with Gasteiger partial charge in [-0.25, -0.2) is 0 Å². The van der Waals surface area contributed by atoms with Gasteiger partial charge in [0.1, 0.15) is 0 Å². The summed E-state index contributed by atoms with van der Waals surface area (Å²) in [6, 6.07) is 0. The summed E-state index contributed by atoms with van der Waals surface area (Å²) < 4.78 is 0. The second-order valence-electron chi connectivity index (χ2n) is 3.22. The molecule has 4 N–H and O–H groups in total. The van der Waals surface area contributed by atoms with Crippen LogP contribution in [0.15, 0.2) is 0 Å². The van der Waals surface area contributed by atoms with E-state index < -0.39 is 12.2 Å². The van der Waals surface area contributed by atoms with E-state index in [1.807, 2.05) is 6.92 Å². The van der Waals surface area contributed by atoms with Gasteiger partial charge in [-0.1, -0.05) is 26.7 Å². The Kier molecular flexibility index (Phi) is 14.9. The Morgan fingerprint density at radius 3 is 1.64 bits per heavy atom. The summed E-state index contributed by atoms with van der Waals surface area (Å²) in [6.45, 7) is 3.67. The van der Waals surface area contributed by atoms with Crippen LogP contribution in [0.25, 0.3) is 0 Å². The van der Waals surface area contributed by atoms with E-state index in [0.717, 1.165) is 19.3 Å². The van der Waals surface area contributed by atoms with Gasteiger partial charge in [0.25, 0.3) is 0 Å². The fourth-order valence-corrected chi connectivity index (χ4v) is 0.660. The van der Waals surface area contributed by atoms with Gasteiger partial charge < -0.3 is 20.4 Å². The average Bonchev–Trinajstić information content (AvgIpc) is 2.25. The molecule has 0 aromatic heterocycles. The van der Waals surface area contributed by atoms with E-state index in [-0.39, 0.29) is 13.2 Å². The third-order valence-electron chi connectivity index (χ3n) is 1.78. The first-order chi connectivity index (χ1) is 6.62. The molecule has 0 fully saturated rings. The minimum atomic E-state index is -0.509. The first kappa shape index (κ1) is 16.3. The van der Waals surface area contributed by atoms with Gasteiger partial charge in [-0.15, -0.1) is 0 Å². The summed E-state index contributed by atoms with van der Waals surface area (Å²) in [5, 5.41) is 33.6. The van der Waals surface area contributed by atoms with E-state index in [1.165, 1.54) is 0 Å². The highest BCUT2D eigenvalue weighted by atomic mass is 16.3. The van der Waals surface area contributed by atoms with Crippen molar-refractivity contribution in [1.82, 2.24) is 0 Å². The zero-order valence-corrected chi connectivity index (χ0v) is 9.19. The van der Waals surface area contributed by atoms with Gasteiger partial charge in [-0.3, -0.25) is 0 Å². The molecule has 0 amide bonds. The van der Waals surface area contributed by atoms with Crippen LogP contribution in [0.4, 0.5) is 0 Å². The summed E-state index contributed by atoms with van der Waals surface area (Å²) in [5.41, 5.74) is 0. The van der Waals surface area contributed by atoms with E-state index in [0.29, 0.717) is 6.42 Å². The highest BCUT2D eigenvalue weighted by molar-refractivity contribution is 4.50. The van der Waals surface area contributed by atoms with Crippen LogP contribution in [0.3, 0.4) is 0 Å². The smallest absolute Gasteiger partial charge is 0.0770 e. The first-order valence-electron chi connectivity index (χ1n) is 5.20. The molecule has 2 atom stereocenters. The van der Waals surface area contributed by atoms with E-state index >= 15 is 0 Å². The largest absolute Gasteiger partial charge is 0.394 e. The number of unbranched alkanes of at least 4 members (excludes halogenated alkanes) is 1. The highest BCUT2D eigenvalue weighted by Gasteiger charge is 1.97. The van der Waals surface area contributed by atoms with Crippen LogP contribution in [0.5, 0.6) is 0 Å². The average molecular weight is 208 g/mol. The molecule has 0 bridgehead atoms. The quantitative estimate of drug-likeness (QED) is 0.505. The molecule has 2 unspecified atom stereocenters. The van der Waals surface area contributed by atoms with Gasteiger partial charge in [-0.05, 0) is 12.8 Å². The minimum absolute atomic E-state index is 0.0972. The second-order valence-corrected chi connectivity index (χ2v) is 3.22. The fraction of sp³-hybridized carbons (Fsp3) is 1.00. The van der Waals surface area contributed by atoms with E-state index in [4.69, 9.17) is 20.4 Å². The van der Waals surface area contributed by atoms with Crippen LogP contribution in [-0.2, 0) is 0 Å². The van der Waals surface area contributed by atoms with Crippen molar-refractivity contribution >= 4 is 0 Å². The monoisotopic (exact) mass is 208 g/mol. The molecule has 0 aliphatic carbocycles. The molecule has 0 heterocycles. The molecule has 0 saturated heterocycles. The van der Waals surface area contributed by atoms with E-state index in [9.17, 15) is 0 Å². The molecule has 0 rings (SSSR count). The summed E-state index contributed by atoms with van der Waals surface area (Å²) in [4.78, 5) is 0. The lowest BCUT2D eigenvalue weighted by atomic mass is 10.2. The Labute approximate surface area is 86.2 Å². The Morgan fingerprint density at radius 2 is 1.43 bits per heavy atom. The zero-order chi connectivity index (χ0) is 11.4. The third kappa shape index (κ3) is 14.4. The molecule has 0 aliphatic heterocycles. The zero-order valence-electron chi connectivity index (χ0n) is 9.19. The van der Waals surface area contributed by atoms with Crippen molar-refractivity contribution in [3.8, 4) is 0 Å². The fourth-order valence-electron chi connectivity index (χ4n) is 0.660. The van der Waals surface area contributed by atoms with Gasteiger partial charge in [0.05, 0.1) is 25.4 Å². The molecule has 0 spiro atoms. The van der Waals surface area contributed by atoms with Crippen LogP contribution in [-0.4, -0.2) is 45.8 Å². The van der Waals surface area contributed by atoms with E-state index in [2.05, 4.69) is 6.92 Å². The lowest BCUT2D eigenvalue weighted by molar-refractivity contribution is 0.0865. The molecule has 0 aromatic carbocycles. The highest BCUT2D eigenvalue weighted by Crippen LogP contribution is 1.97. The predicted molar refractivity (Wildman–Crippen MR) is 56.0 cm³/mol. The number of aliphatic hydroxyl groups is 4. The predicted octanol–water partition coefficient (Wildman–Crippen LogP) is 0.279. The van der Waals surface area contributed by atoms with Crippen molar-refractivity contribution < 1.29 is 20.4 Å². The van der Waals surface area contributed by atoms with Crippen molar-refractivity contribution in [1.29, 1.82) is 0 Å². The molecule has 88 valence electrons. The molecule has 4 nitrogen and oxygen atoms in total. The molecule has 14 heavy (non-hydrogen) atoms. The van der Waals surface area contributed by atoms with Crippen molar-refractivity contribution in [2.24, 2.45) is 0 Å². The standard InChI is InChI=1S/C6H14O2.C4H10O2/c1-2-3-4-6(8)5-7;1-2-4(6)3-5/h6-8H,2-5H2,1H3;4-6H,2-3H2,1H3. The maximum absolute atomic E-state index is 8.74. The van der Waals surface area contributed by atoms with Gasteiger partial charge >= 0.3 is 0 Å². The van der Waals surface area contributed by atoms with Crippen LogP contribution in [0.1, 0.15) is 39.5 Å². The second kappa shape index (κ2) is 12.8. The van der Waals surface area contributed by atoms with Crippen LogP contribution in [0, 0.1) is 0 Å². The SMILES string of the molecule is CCC(O)CO.CCCCC(O)CO. The van der Waals surface area contributed by atoms with Gasteiger partial charge in [0, 0.05) is 0 Å². The molecule has 0 radical (unpaired) electrons. The number of hydrogen-bond acceptors (Lipinski definition) is 4. The summed E-state index contributed by atoms with van der Waals surface area (Å²) in [5.74, 6) is 0. The normalized spacial score (nSPS) is 14.1. The van der Waals surface area contributed by atoms with Gasteiger partial charge in [-0.2, -0.15) is 0 Å². The Morgan fingerprint density at radius 1 is 0.929 bits per heavy atom. The molecule has 0 aliphatic rings. The molecular weight excluding hydrogens is 184 g/mol. The van der Waals surface area contributed by atoms with Gasteiger partial charge in [0.15, 0.2) is 0 Å². The Bertz CT molecular complexity index is 94.1. The summed E-state index contributed by atoms with van der Waals surface area (Å²) in [7, 11) is 0. The maximum Gasteiger partial charge on any atom is 0.0770 e. The number of aliphatic hydroxyl groups excluding tert-OH is 4. The maximum atomic E-state index is 8.74. The minimum Gasteiger partial charge on any atom is -0.394 e. The topological polar surface area (TPSA) is 80.9 Å². The van der Waals surface area contributed by atoms with Crippen molar-refractivity contribution in [2.75, 3.05) is 13.2 Å². The Hall–Kier alpha value is -0.160. The molecule has 0 aromatic rings. The van der Waals surface area contributed by atoms with Crippen LogP contribution >= 0.6 is 0 Å². The molecular formula is C10H24O4. The molecule has 4 heteroatoms. The first-order valence-corrected chi connectivity index (χ1v) is 5.20. The van der Waals surface area contributed by atoms with E-state index in [1.54, 1.807) is 0 Å². The number of hydrogen-bond donors (Lipinski definition) is 4. The third-order valence-corrected chi connectivity index (χ3v) is 1.78. The van der Waals surface area contributed by atoms with Crippen molar-refractivity contribution in [3.05, 3.63) is 0 Å². The molecule has 0 saturated carbocycles. The van der Waals surface area contributed by atoms with Crippen molar-refractivity contribution in [3.63, 3.8) is 0 Å². The van der Waals surface area contributed by atoms with Gasteiger partial charge in [0.2, 0.25) is 0 Å². The summed E-state index contributed by atoms with van der Waals surface area (Å²) in [6.07, 6.45) is 2.45.